The van der Waals surface area contributed by atoms with Crippen LogP contribution in [0.25, 0.3) is 0 Å². The van der Waals surface area contributed by atoms with Crippen molar-refractivity contribution in [3.05, 3.63) is 24.2 Å². The normalized spacial score (nSPS) is 28.2. The minimum Gasteiger partial charge on any atom is -0.469 e. The van der Waals surface area contributed by atoms with Crippen LogP contribution in [0.5, 0.6) is 0 Å². The van der Waals surface area contributed by atoms with Gasteiger partial charge in [-0.05, 0) is 50.4 Å². The van der Waals surface area contributed by atoms with Crippen LogP contribution >= 0.6 is 0 Å². The lowest BCUT2D eigenvalue weighted by molar-refractivity contribution is 0.0955. The van der Waals surface area contributed by atoms with Gasteiger partial charge in [0.15, 0.2) is 0 Å². The largest absolute Gasteiger partial charge is 0.469 e. The van der Waals surface area contributed by atoms with E-state index in [1.54, 1.807) is 6.26 Å². The summed E-state index contributed by atoms with van der Waals surface area (Å²) in [4.78, 5) is 2.56. The summed E-state index contributed by atoms with van der Waals surface area (Å²) in [5.41, 5.74) is 5.85. The maximum Gasteiger partial charge on any atom is 0.105 e. The number of nitrogens with two attached hydrogens (primary N) is 1. The standard InChI is InChI=1S/C14H24N2O/c1-11-5-6-16(10-13(11)9-15)12(2)8-14-4-3-7-17-14/h3-4,7,11-13H,5-6,8-10,15H2,1-2H3. The maximum atomic E-state index is 5.85. The molecule has 0 amide bonds. The smallest absolute Gasteiger partial charge is 0.105 e. The highest BCUT2D eigenvalue weighted by molar-refractivity contribution is 5.00. The van der Waals surface area contributed by atoms with E-state index in [0.717, 1.165) is 31.2 Å². The van der Waals surface area contributed by atoms with Crippen molar-refractivity contribution in [1.82, 2.24) is 4.90 Å². The molecule has 1 aromatic rings. The Balaban J connectivity index is 1.89. The molecule has 2 heterocycles. The fraction of sp³-hybridized carbons (Fsp3) is 0.714. The van der Waals surface area contributed by atoms with Crippen molar-refractivity contribution in [3.8, 4) is 0 Å². The first kappa shape index (κ1) is 12.7. The van der Waals surface area contributed by atoms with Crippen LogP contribution in [-0.2, 0) is 6.42 Å². The Labute approximate surface area is 104 Å². The molecule has 1 fully saturated rings. The fourth-order valence-corrected chi connectivity index (χ4v) is 2.73. The molecular weight excluding hydrogens is 212 g/mol. The molecular formula is C14H24N2O. The van der Waals surface area contributed by atoms with Crippen molar-refractivity contribution in [1.29, 1.82) is 0 Å². The SMILES string of the molecule is CC1CCN(C(C)Cc2ccco2)CC1CN. The molecule has 0 radical (unpaired) electrons. The molecule has 1 aliphatic heterocycles. The minimum absolute atomic E-state index is 0.544. The summed E-state index contributed by atoms with van der Waals surface area (Å²) in [6, 6.07) is 4.56. The van der Waals surface area contributed by atoms with Crippen molar-refractivity contribution in [2.24, 2.45) is 17.6 Å². The van der Waals surface area contributed by atoms with E-state index in [2.05, 4.69) is 24.8 Å². The van der Waals surface area contributed by atoms with Gasteiger partial charge in [0, 0.05) is 19.0 Å². The zero-order chi connectivity index (χ0) is 12.3. The zero-order valence-electron chi connectivity index (χ0n) is 10.9. The van der Waals surface area contributed by atoms with Crippen molar-refractivity contribution >= 4 is 0 Å². The molecule has 3 unspecified atom stereocenters. The molecule has 1 aromatic heterocycles. The Hall–Kier alpha value is -0.800. The molecule has 96 valence electrons. The molecule has 0 aliphatic carbocycles. The fourth-order valence-electron chi connectivity index (χ4n) is 2.73. The summed E-state index contributed by atoms with van der Waals surface area (Å²) in [6.45, 7) is 7.75. The summed E-state index contributed by atoms with van der Waals surface area (Å²) < 4.78 is 5.42. The molecule has 0 bridgehead atoms. The summed E-state index contributed by atoms with van der Waals surface area (Å²) in [5, 5.41) is 0. The highest BCUT2D eigenvalue weighted by atomic mass is 16.3. The molecule has 3 heteroatoms. The van der Waals surface area contributed by atoms with Gasteiger partial charge >= 0.3 is 0 Å². The molecule has 2 rings (SSSR count). The molecule has 0 saturated carbocycles. The van der Waals surface area contributed by atoms with Crippen molar-refractivity contribution in [2.75, 3.05) is 19.6 Å². The minimum atomic E-state index is 0.544. The molecule has 17 heavy (non-hydrogen) atoms. The predicted molar refractivity (Wildman–Crippen MR) is 69.8 cm³/mol. The lowest BCUT2D eigenvalue weighted by Crippen LogP contribution is -2.47. The number of piperidine rings is 1. The first-order valence-corrected chi connectivity index (χ1v) is 6.67. The predicted octanol–water partition coefficient (Wildman–Crippen LogP) is 2.13. The van der Waals surface area contributed by atoms with Gasteiger partial charge in [-0.15, -0.1) is 0 Å². The average molecular weight is 236 g/mol. The molecule has 2 N–H and O–H groups in total. The van der Waals surface area contributed by atoms with E-state index in [4.69, 9.17) is 10.2 Å². The number of nitrogens with zero attached hydrogens (tertiary/aromatic N) is 1. The van der Waals surface area contributed by atoms with Crippen molar-refractivity contribution in [2.45, 2.75) is 32.7 Å². The first-order valence-electron chi connectivity index (χ1n) is 6.67. The van der Waals surface area contributed by atoms with Gasteiger partial charge in [0.2, 0.25) is 0 Å². The molecule has 1 aliphatic rings. The summed E-state index contributed by atoms with van der Waals surface area (Å²) in [7, 11) is 0. The average Bonchev–Trinajstić information content (AvgIpc) is 2.82. The second kappa shape index (κ2) is 5.69. The van der Waals surface area contributed by atoms with E-state index in [1.165, 1.54) is 13.0 Å². The molecule has 3 nitrogen and oxygen atoms in total. The van der Waals surface area contributed by atoms with E-state index < -0.39 is 0 Å². The van der Waals surface area contributed by atoms with Crippen LogP contribution in [-0.4, -0.2) is 30.6 Å². The van der Waals surface area contributed by atoms with Crippen molar-refractivity contribution < 1.29 is 4.42 Å². The molecule has 1 saturated heterocycles. The second-order valence-corrected chi connectivity index (χ2v) is 5.39. The number of likely N-dealkylation sites (tertiary alicyclic amines) is 1. The third kappa shape index (κ3) is 3.11. The van der Waals surface area contributed by atoms with Crippen LogP contribution in [0.3, 0.4) is 0 Å². The van der Waals surface area contributed by atoms with Crippen LogP contribution < -0.4 is 5.73 Å². The van der Waals surface area contributed by atoms with Crippen LogP contribution in [0.2, 0.25) is 0 Å². The van der Waals surface area contributed by atoms with Gasteiger partial charge in [-0.1, -0.05) is 6.92 Å². The number of rotatable bonds is 4. The summed E-state index contributed by atoms with van der Waals surface area (Å²) in [5.74, 6) is 2.51. The van der Waals surface area contributed by atoms with Crippen LogP contribution in [0.1, 0.15) is 26.0 Å². The number of hydrogen-bond acceptors (Lipinski definition) is 3. The zero-order valence-corrected chi connectivity index (χ0v) is 10.9. The monoisotopic (exact) mass is 236 g/mol. The highest BCUT2D eigenvalue weighted by Crippen LogP contribution is 2.24. The van der Waals surface area contributed by atoms with Crippen molar-refractivity contribution in [3.63, 3.8) is 0 Å². The van der Waals surface area contributed by atoms with Crippen LogP contribution in [0.4, 0.5) is 0 Å². The van der Waals surface area contributed by atoms with Gasteiger partial charge in [-0.25, -0.2) is 0 Å². The van der Waals surface area contributed by atoms with E-state index in [0.29, 0.717) is 12.0 Å². The van der Waals surface area contributed by atoms with Gasteiger partial charge in [-0.3, -0.25) is 4.90 Å². The highest BCUT2D eigenvalue weighted by Gasteiger charge is 2.27. The van der Waals surface area contributed by atoms with Gasteiger partial charge < -0.3 is 10.2 Å². The third-order valence-electron chi connectivity index (χ3n) is 4.15. The Bertz CT molecular complexity index is 323. The number of furan rings is 1. The summed E-state index contributed by atoms with van der Waals surface area (Å²) in [6.07, 6.45) is 4.02. The molecule has 0 spiro atoms. The molecule has 3 atom stereocenters. The van der Waals surface area contributed by atoms with Gasteiger partial charge in [0.1, 0.15) is 5.76 Å². The Morgan fingerprint density at radius 1 is 1.59 bits per heavy atom. The first-order chi connectivity index (χ1) is 8.20. The lowest BCUT2D eigenvalue weighted by atomic mass is 9.86. The Morgan fingerprint density at radius 3 is 3.06 bits per heavy atom. The lowest BCUT2D eigenvalue weighted by Gasteiger charge is -2.39. The number of hydrogen-bond donors (Lipinski definition) is 1. The van der Waals surface area contributed by atoms with Crippen LogP contribution in [0, 0.1) is 11.8 Å². The van der Waals surface area contributed by atoms with Gasteiger partial charge in [0.05, 0.1) is 6.26 Å². The molecule has 0 aromatic carbocycles. The van der Waals surface area contributed by atoms with E-state index in [9.17, 15) is 0 Å². The van der Waals surface area contributed by atoms with Crippen LogP contribution in [0.15, 0.2) is 22.8 Å². The van der Waals surface area contributed by atoms with E-state index in [-0.39, 0.29) is 0 Å². The quantitative estimate of drug-likeness (QED) is 0.871. The Morgan fingerprint density at radius 2 is 2.41 bits per heavy atom. The van der Waals surface area contributed by atoms with Gasteiger partial charge in [0.25, 0.3) is 0 Å². The topological polar surface area (TPSA) is 42.4 Å². The third-order valence-corrected chi connectivity index (χ3v) is 4.15. The Kier molecular flexibility index (Phi) is 4.24. The second-order valence-electron chi connectivity index (χ2n) is 5.39. The van der Waals surface area contributed by atoms with E-state index in [1.807, 2.05) is 6.07 Å². The van der Waals surface area contributed by atoms with E-state index >= 15 is 0 Å². The summed E-state index contributed by atoms with van der Waals surface area (Å²) >= 11 is 0. The van der Waals surface area contributed by atoms with Gasteiger partial charge in [-0.2, -0.15) is 0 Å². The maximum absolute atomic E-state index is 5.85.